The highest BCUT2D eigenvalue weighted by Gasteiger charge is 2.10. The van der Waals surface area contributed by atoms with E-state index >= 15 is 0 Å². The monoisotopic (exact) mass is 266 g/mol. The quantitative estimate of drug-likeness (QED) is 0.818. The number of hydrogen-bond donors (Lipinski definition) is 2. The third kappa shape index (κ3) is 2.35. The standard InChI is InChI=1S/C11H14N4O2S/c1-2-3-4-5-6-15-8-7(18-11(15)17)9(16)14-10(12)13-8/h5-6H,2-4H2,1H3,(H3,12,13,14,16)/b6-5+. The molecular formula is C11H14N4O2S. The minimum atomic E-state index is -0.375. The molecule has 2 aromatic heterocycles. The number of fused-ring (bicyclic) bond motifs is 1. The first-order valence-corrected chi connectivity index (χ1v) is 6.52. The van der Waals surface area contributed by atoms with Crippen molar-refractivity contribution in [1.29, 1.82) is 0 Å². The molecule has 7 heteroatoms. The van der Waals surface area contributed by atoms with Crippen molar-refractivity contribution in [2.75, 3.05) is 5.73 Å². The molecule has 0 aliphatic carbocycles. The molecule has 2 aromatic rings. The Hall–Kier alpha value is -1.89. The number of allylic oxidation sites excluding steroid dienone is 1. The number of nitrogens with zero attached hydrogens (tertiary/aromatic N) is 2. The van der Waals surface area contributed by atoms with Crippen molar-refractivity contribution in [3.63, 3.8) is 0 Å². The van der Waals surface area contributed by atoms with Crippen molar-refractivity contribution in [3.8, 4) is 0 Å². The van der Waals surface area contributed by atoms with Gasteiger partial charge in [0.1, 0.15) is 4.70 Å². The van der Waals surface area contributed by atoms with Gasteiger partial charge in [0.15, 0.2) is 5.65 Å². The average molecular weight is 266 g/mol. The van der Waals surface area contributed by atoms with Crippen LogP contribution in [-0.2, 0) is 0 Å². The highest BCUT2D eigenvalue weighted by atomic mass is 32.1. The largest absolute Gasteiger partial charge is 0.369 e. The topological polar surface area (TPSA) is 93.8 Å². The van der Waals surface area contributed by atoms with Gasteiger partial charge in [-0.25, -0.2) is 0 Å². The fraction of sp³-hybridized carbons (Fsp3) is 0.364. The van der Waals surface area contributed by atoms with Crippen LogP contribution in [0.1, 0.15) is 26.2 Å². The van der Waals surface area contributed by atoms with E-state index in [1.54, 1.807) is 6.20 Å². The zero-order valence-corrected chi connectivity index (χ0v) is 10.8. The second-order valence-electron chi connectivity index (χ2n) is 3.87. The first-order chi connectivity index (χ1) is 8.63. The van der Waals surface area contributed by atoms with Gasteiger partial charge < -0.3 is 5.73 Å². The molecule has 0 saturated heterocycles. The molecule has 0 aromatic carbocycles. The predicted molar refractivity (Wildman–Crippen MR) is 73.8 cm³/mol. The molecular weight excluding hydrogens is 252 g/mol. The van der Waals surface area contributed by atoms with Crippen molar-refractivity contribution in [1.82, 2.24) is 14.5 Å². The Morgan fingerprint density at radius 2 is 2.28 bits per heavy atom. The maximum Gasteiger partial charge on any atom is 0.313 e. The number of hydrogen-bond acceptors (Lipinski definition) is 5. The fourth-order valence-corrected chi connectivity index (χ4v) is 2.38. The summed E-state index contributed by atoms with van der Waals surface area (Å²) in [6, 6.07) is 0. The molecule has 0 aliphatic rings. The number of aromatic nitrogens is 3. The van der Waals surface area contributed by atoms with E-state index < -0.39 is 0 Å². The van der Waals surface area contributed by atoms with Gasteiger partial charge in [0, 0.05) is 6.20 Å². The first-order valence-electron chi connectivity index (χ1n) is 5.71. The summed E-state index contributed by atoms with van der Waals surface area (Å²) in [4.78, 5) is 29.5. The predicted octanol–water partition coefficient (Wildman–Crippen LogP) is 1.39. The number of aromatic amines is 1. The second-order valence-corrected chi connectivity index (χ2v) is 4.83. The van der Waals surface area contributed by atoms with Gasteiger partial charge in [-0.05, 0) is 6.42 Å². The van der Waals surface area contributed by atoms with Crippen molar-refractivity contribution in [3.05, 3.63) is 26.1 Å². The Kier molecular flexibility index (Phi) is 3.61. The molecule has 0 aliphatic heterocycles. The molecule has 96 valence electrons. The molecule has 2 heterocycles. The lowest BCUT2D eigenvalue weighted by Crippen LogP contribution is -2.11. The van der Waals surface area contributed by atoms with E-state index in [0.717, 1.165) is 30.6 Å². The number of nitrogens with two attached hydrogens (primary N) is 1. The lowest BCUT2D eigenvalue weighted by molar-refractivity contribution is 0.815. The van der Waals surface area contributed by atoms with Gasteiger partial charge in [0.25, 0.3) is 5.56 Å². The van der Waals surface area contributed by atoms with Crippen LogP contribution in [0.15, 0.2) is 15.7 Å². The van der Waals surface area contributed by atoms with Gasteiger partial charge in [-0.2, -0.15) is 4.98 Å². The Bertz CT molecular complexity index is 695. The maximum absolute atomic E-state index is 11.8. The van der Waals surface area contributed by atoms with Crippen LogP contribution in [0.3, 0.4) is 0 Å². The second kappa shape index (κ2) is 5.18. The Morgan fingerprint density at radius 3 is 3.00 bits per heavy atom. The molecule has 0 saturated carbocycles. The smallest absolute Gasteiger partial charge is 0.313 e. The summed E-state index contributed by atoms with van der Waals surface area (Å²) >= 11 is 0.872. The highest BCUT2D eigenvalue weighted by Crippen LogP contribution is 2.11. The van der Waals surface area contributed by atoms with Gasteiger partial charge in [0.2, 0.25) is 5.95 Å². The van der Waals surface area contributed by atoms with Gasteiger partial charge in [-0.1, -0.05) is 37.2 Å². The zero-order valence-electron chi connectivity index (χ0n) is 9.97. The maximum atomic E-state index is 11.8. The van der Waals surface area contributed by atoms with Crippen LogP contribution in [0.25, 0.3) is 16.5 Å². The van der Waals surface area contributed by atoms with Gasteiger partial charge in [0.05, 0.1) is 0 Å². The van der Waals surface area contributed by atoms with E-state index in [1.165, 1.54) is 4.57 Å². The number of unbranched alkanes of at least 4 members (excludes halogenated alkanes) is 2. The summed E-state index contributed by atoms with van der Waals surface area (Å²) < 4.78 is 1.66. The van der Waals surface area contributed by atoms with E-state index in [9.17, 15) is 9.59 Å². The number of thiazole rings is 1. The minimum Gasteiger partial charge on any atom is -0.369 e. The normalized spacial score (nSPS) is 11.6. The van der Waals surface area contributed by atoms with Crippen LogP contribution in [0, 0.1) is 0 Å². The van der Waals surface area contributed by atoms with Crippen LogP contribution in [0.5, 0.6) is 0 Å². The van der Waals surface area contributed by atoms with Gasteiger partial charge in [-0.15, -0.1) is 0 Å². The highest BCUT2D eigenvalue weighted by molar-refractivity contribution is 7.16. The molecule has 0 amide bonds. The van der Waals surface area contributed by atoms with Crippen molar-refractivity contribution >= 4 is 33.8 Å². The summed E-state index contributed by atoms with van der Waals surface area (Å²) in [6.07, 6.45) is 6.59. The molecule has 0 radical (unpaired) electrons. The van der Waals surface area contributed by atoms with Crippen molar-refractivity contribution in [2.45, 2.75) is 26.2 Å². The minimum absolute atomic E-state index is 0.0148. The van der Waals surface area contributed by atoms with Gasteiger partial charge in [-0.3, -0.25) is 19.1 Å². The number of nitrogens with one attached hydrogen (secondary N) is 1. The molecule has 6 nitrogen and oxygen atoms in total. The Morgan fingerprint density at radius 1 is 1.50 bits per heavy atom. The van der Waals surface area contributed by atoms with E-state index in [4.69, 9.17) is 5.73 Å². The van der Waals surface area contributed by atoms with Crippen LogP contribution in [0.2, 0.25) is 0 Å². The zero-order chi connectivity index (χ0) is 13.1. The van der Waals surface area contributed by atoms with E-state index in [2.05, 4.69) is 16.9 Å². The SMILES string of the molecule is CCCC/C=C/n1c(=O)sc2c(=O)[nH]c(N)nc21. The van der Waals surface area contributed by atoms with E-state index in [-0.39, 0.29) is 16.4 Å². The summed E-state index contributed by atoms with van der Waals surface area (Å²) in [5.74, 6) is 0.0148. The Balaban J connectivity index is 2.50. The van der Waals surface area contributed by atoms with Crippen LogP contribution in [0.4, 0.5) is 5.95 Å². The van der Waals surface area contributed by atoms with Crippen LogP contribution >= 0.6 is 11.3 Å². The first kappa shape index (κ1) is 12.6. The summed E-state index contributed by atoms with van der Waals surface area (Å²) in [6.45, 7) is 2.10. The molecule has 0 bridgehead atoms. The molecule has 3 N–H and O–H groups in total. The third-order valence-corrected chi connectivity index (χ3v) is 3.41. The fourth-order valence-electron chi connectivity index (χ4n) is 1.58. The lowest BCUT2D eigenvalue weighted by Gasteiger charge is -1.96. The third-order valence-electron chi connectivity index (χ3n) is 2.47. The van der Waals surface area contributed by atoms with Crippen LogP contribution < -0.4 is 16.2 Å². The lowest BCUT2D eigenvalue weighted by atomic mass is 10.2. The molecule has 0 atom stereocenters. The van der Waals surface area contributed by atoms with Crippen LogP contribution in [-0.4, -0.2) is 14.5 Å². The molecule has 0 unspecified atom stereocenters. The molecule has 0 spiro atoms. The van der Waals surface area contributed by atoms with E-state index in [1.807, 2.05) is 6.08 Å². The number of H-pyrrole nitrogens is 1. The van der Waals surface area contributed by atoms with Crippen molar-refractivity contribution in [2.24, 2.45) is 0 Å². The average Bonchev–Trinajstić information content (AvgIpc) is 2.62. The number of anilines is 1. The molecule has 0 fully saturated rings. The van der Waals surface area contributed by atoms with E-state index in [0.29, 0.717) is 10.3 Å². The summed E-state index contributed by atoms with van der Waals surface area (Å²) in [5.41, 5.74) is 5.42. The van der Waals surface area contributed by atoms with Crippen molar-refractivity contribution < 1.29 is 0 Å². The Labute approximate surface area is 107 Å². The summed E-state index contributed by atoms with van der Waals surface area (Å²) in [7, 11) is 0. The number of nitrogen functional groups attached to an aromatic ring is 1. The van der Waals surface area contributed by atoms with Gasteiger partial charge >= 0.3 is 4.87 Å². The summed E-state index contributed by atoms with van der Waals surface area (Å²) in [5, 5.41) is 0. The molecule has 18 heavy (non-hydrogen) atoms. The molecule has 2 rings (SSSR count). The number of rotatable bonds is 4.